The molecule has 6 heteroatoms. The molecule has 0 amide bonds. The SMILES string of the molecule is C[C@@H]1CCCN1CCc1cc2cc(-n3cnc(Cl)c3Cl)ccc2o1. The number of halogens is 2. The largest absolute Gasteiger partial charge is 0.461 e. The number of likely N-dealkylation sites (tertiary alicyclic amines) is 1. The molecule has 1 saturated heterocycles. The van der Waals surface area contributed by atoms with Crippen molar-refractivity contribution in [3.8, 4) is 5.69 Å². The lowest BCUT2D eigenvalue weighted by Gasteiger charge is -2.19. The van der Waals surface area contributed by atoms with E-state index < -0.39 is 0 Å². The van der Waals surface area contributed by atoms with Crippen molar-refractivity contribution in [1.29, 1.82) is 0 Å². The summed E-state index contributed by atoms with van der Waals surface area (Å²) in [6.07, 6.45) is 5.17. The number of nitrogens with zero attached hydrogens (tertiary/aromatic N) is 3. The highest BCUT2D eigenvalue weighted by molar-refractivity contribution is 6.40. The Kier molecular flexibility index (Phi) is 4.29. The molecule has 4 rings (SSSR count). The number of furan rings is 1. The Morgan fingerprint density at radius 2 is 2.17 bits per heavy atom. The highest BCUT2D eigenvalue weighted by Crippen LogP contribution is 2.28. The third-order valence-electron chi connectivity index (χ3n) is 4.83. The summed E-state index contributed by atoms with van der Waals surface area (Å²) in [7, 11) is 0. The van der Waals surface area contributed by atoms with Crippen LogP contribution in [0.3, 0.4) is 0 Å². The molecule has 0 N–H and O–H groups in total. The second-order valence-electron chi connectivity index (χ2n) is 6.41. The zero-order chi connectivity index (χ0) is 16.7. The molecule has 0 saturated carbocycles. The number of fused-ring (bicyclic) bond motifs is 1. The van der Waals surface area contributed by atoms with Crippen LogP contribution in [0.2, 0.25) is 10.3 Å². The van der Waals surface area contributed by atoms with Gasteiger partial charge >= 0.3 is 0 Å². The van der Waals surface area contributed by atoms with Crippen LogP contribution in [0.5, 0.6) is 0 Å². The zero-order valence-electron chi connectivity index (χ0n) is 13.5. The second-order valence-corrected chi connectivity index (χ2v) is 7.12. The number of imidazole rings is 1. The average molecular weight is 364 g/mol. The van der Waals surface area contributed by atoms with E-state index in [-0.39, 0.29) is 0 Å². The highest BCUT2D eigenvalue weighted by atomic mass is 35.5. The quantitative estimate of drug-likeness (QED) is 0.657. The molecular formula is C18H19Cl2N3O. The second kappa shape index (κ2) is 6.43. The molecular weight excluding hydrogens is 345 g/mol. The van der Waals surface area contributed by atoms with E-state index in [2.05, 4.69) is 22.9 Å². The Morgan fingerprint density at radius 1 is 1.29 bits per heavy atom. The van der Waals surface area contributed by atoms with Gasteiger partial charge in [-0.1, -0.05) is 23.2 Å². The zero-order valence-corrected chi connectivity index (χ0v) is 15.0. The highest BCUT2D eigenvalue weighted by Gasteiger charge is 2.20. The fourth-order valence-corrected chi connectivity index (χ4v) is 3.75. The maximum Gasteiger partial charge on any atom is 0.166 e. The van der Waals surface area contributed by atoms with Gasteiger partial charge in [-0.3, -0.25) is 4.57 Å². The van der Waals surface area contributed by atoms with E-state index in [1.807, 2.05) is 18.2 Å². The Morgan fingerprint density at radius 3 is 2.88 bits per heavy atom. The van der Waals surface area contributed by atoms with E-state index in [9.17, 15) is 0 Å². The third-order valence-corrected chi connectivity index (χ3v) is 5.57. The molecule has 1 aromatic carbocycles. The van der Waals surface area contributed by atoms with Crippen molar-refractivity contribution >= 4 is 34.2 Å². The van der Waals surface area contributed by atoms with Gasteiger partial charge in [0.05, 0.1) is 0 Å². The van der Waals surface area contributed by atoms with E-state index in [4.69, 9.17) is 27.6 Å². The van der Waals surface area contributed by atoms with Crippen molar-refractivity contribution < 1.29 is 4.42 Å². The summed E-state index contributed by atoms with van der Waals surface area (Å²) in [5.74, 6) is 1.02. The maximum atomic E-state index is 6.18. The van der Waals surface area contributed by atoms with E-state index in [0.29, 0.717) is 16.3 Å². The molecule has 3 aromatic rings. The van der Waals surface area contributed by atoms with Crippen LogP contribution >= 0.6 is 23.2 Å². The van der Waals surface area contributed by atoms with Gasteiger partial charge in [0.25, 0.3) is 0 Å². The van der Waals surface area contributed by atoms with Crippen LogP contribution in [0.15, 0.2) is 35.0 Å². The summed E-state index contributed by atoms with van der Waals surface area (Å²) in [6, 6.07) is 8.78. The molecule has 0 unspecified atom stereocenters. The number of hydrogen-bond acceptors (Lipinski definition) is 3. The summed E-state index contributed by atoms with van der Waals surface area (Å²) in [4.78, 5) is 6.56. The van der Waals surface area contributed by atoms with E-state index >= 15 is 0 Å². The molecule has 1 fully saturated rings. The van der Waals surface area contributed by atoms with Gasteiger partial charge < -0.3 is 9.32 Å². The minimum atomic E-state index is 0.310. The minimum absolute atomic E-state index is 0.310. The molecule has 0 aliphatic carbocycles. The summed E-state index contributed by atoms with van der Waals surface area (Å²) in [6.45, 7) is 4.56. The molecule has 4 nitrogen and oxygen atoms in total. The van der Waals surface area contributed by atoms with Crippen molar-refractivity contribution in [3.63, 3.8) is 0 Å². The molecule has 2 aromatic heterocycles. The summed E-state index contributed by atoms with van der Waals surface area (Å²) in [5, 5.41) is 1.80. The van der Waals surface area contributed by atoms with Crippen molar-refractivity contribution in [2.24, 2.45) is 0 Å². The molecule has 0 spiro atoms. The first-order valence-corrected chi connectivity index (χ1v) is 9.02. The van der Waals surface area contributed by atoms with Gasteiger partial charge in [0, 0.05) is 30.1 Å². The smallest absolute Gasteiger partial charge is 0.166 e. The van der Waals surface area contributed by atoms with Crippen LogP contribution in [0.1, 0.15) is 25.5 Å². The molecule has 1 atom stereocenters. The first kappa shape index (κ1) is 16.0. The summed E-state index contributed by atoms with van der Waals surface area (Å²) < 4.78 is 7.74. The Bertz CT molecular complexity index is 870. The lowest BCUT2D eigenvalue weighted by molar-refractivity contribution is 0.266. The number of rotatable bonds is 4. The van der Waals surface area contributed by atoms with Crippen molar-refractivity contribution in [2.45, 2.75) is 32.2 Å². The number of hydrogen-bond donors (Lipinski definition) is 0. The van der Waals surface area contributed by atoms with Gasteiger partial charge in [-0.25, -0.2) is 4.98 Å². The van der Waals surface area contributed by atoms with Crippen LogP contribution in [-0.4, -0.2) is 33.6 Å². The number of aromatic nitrogens is 2. The minimum Gasteiger partial charge on any atom is -0.461 e. The maximum absolute atomic E-state index is 6.18. The normalized spacial score (nSPS) is 18.7. The van der Waals surface area contributed by atoms with Gasteiger partial charge in [0.1, 0.15) is 17.7 Å². The molecule has 3 heterocycles. The number of benzene rings is 1. The molecule has 24 heavy (non-hydrogen) atoms. The van der Waals surface area contributed by atoms with Crippen LogP contribution in [0.25, 0.3) is 16.7 Å². The molecule has 0 bridgehead atoms. The lowest BCUT2D eigenvalue weighted by Crippen LogP contribution is -2.28. The molecule has 1 aliphatic rings. The van der Waals surface area contributed by atoms with E-state index in [0.717, 1.165) is 35.4 Å². The summed E-state index contributed by atoms with van der Waals surface area (Å²) in [5.41, 5.74) is 1.82. The lowest BCUT2D eigenvalue weighted by atomic mass is 10.2. The molecule has 126 valence electrons. The first-order chi connectivity index (χ1) is 11.6. The van der Waals surface area contributed by atoms with Crippen molar-refractivity contribution in [3.05, 3.63) is 46.7 Å². The topological polar surface area (TPSA) is 34.2 Å². The third kappa shape index (κ3) is 2.94. The monoisotopic (exact) mass is 363 g/mol. The van der Waals surface area contributed by atoms with Gasteiger partial charge in [-0.2, -0.15) is 0 Å². The van der Waals surface area contributed by atoms with Gasteiger partial charge in [-0.15, -0.1) is 0 Å². The predicted octanol–water partition coefficient (Wildman–Crippen LogP) is 4.95. The Labute approximate surface area is 151 Å². The van der Waals surface area contributed by atoms with E-state index in [1.54, 1.807) is 10.9 Å². The fourth-order valence-electron chi connectivity index (χ4n) is 3.43. The molecule has 1 aliphatic heterocycles. The standard InChI is InChI=1S/C18H19Cl2N3O/c1-12-3-2-7-22(12)8-6-15-10-13-9-14(4-5-16(13)24-15)23-11-21-17(19)18(23)20/h4-5,9-12H,2-3,6-8H2,1H3/t12-/m1/s1. The van der Waals surface area contributed by atoms with Crippen LogP contribution in [0.4, 0.5) is 0 Å². The van der Waals surface area contributed by atoms with Crippen LogP contribution < -0.4 is 0 Å². The fraction of sp³-hybridized carbons (Fsp3) is 0.389. The van der Waals surface area contributed by atoms with Crippen molar-refractivity contribution in [2.75, 3.05) is 13.1 Å². The predicted molar refractivity (Wildman–Crippen MR) is 97.3 cm³/mol. The van der Waals surface area contributed by atoms with Crippen LogP contribution in [0, 0.1) is 0 Å². The van der Waals surface area contributed by atoms with E-state index in [1.165, 1.54) is 19.4 Å². The molecule has 0 radical (unpaired) electrons. The van der Waals surface area contributed by atoms with Gasteiger partial charge in [0.2, 0.25) is 0 Å². The van der Waals surface area contributed by atoms with Gasteiger partial charge in [0.15, 0.2) is 10.3 Å². The first-order valence-electron chi connectivity index (χ1n) is 8.27. The Balaban J connectivity index is 1.56. The van der Waals surface area contributed by atoms with Crippen molar-refractivity contribution in [1.82, 2.24) is 14.5 Å². The van der Waals surface area contributed by atoms with Gasteiger partial charge in [-0.05, 0) is 50.6 Å². The average Bonchev–Trinajstić information content (AvgIpc) is 3.25. The Hall–Kier alpha value is -1.49. The van der Waals surface area contributed by atoms with Crippen LogP contribution in [-0.2, 0) is 6.42 Å². The summed E-state index contributed by atoms with van der Waals surface area (Å²) >= 11 is 12.1.